The summed E-state index contributed by atoms with van der Waals surface area (Å²) in [6.07, 6.45) is 0. The minimum absolute atomic E-state index is 0.719. The maximum Gasteiger partial charge on any atom is 0.235 e. The summed E-state index contributed by atoms with van der Waals surface area (Å²) in [7, 11) is 0. The van der Waals surface area contributed by atoms with Gasteiger partial charge >= 0.3 is 0 Å². The SMILES string of the molecule is c1ccc2oc(-c3nn4c(CSC5=NCCS5)nnc4s3)cc2c1. The van der Waals surface area contributed by atoms with Gasteiger partial charge in [-0.05, 0) is 12.1 Å². The fourth-order valence-corrected chi connectivity index (χ4v) is 5.19. The van der Waals surface area contributed by atoms with E-state index >= 15 is 0 Å². The van der Waals surface area contributed by atoms with Crippen LogP contribution in [0.25, 0.3) is 26.7 Å². The van der Waals surface area contributed by atoms with Crippen molar-refractivity contribution >= 4 is 55.2 Å². The Bertz CT molecular complexity index is 1030. The summed E-state index contributed by atoms with van der Waals surface area (Å²) in [5.41, 5.74) is 0.866. The fraction of sp³-hybridized carbons (Fsp3) is 0.200. The number of thioether (sulfide) groups is 2. The number of benzene rings is 1. The van der Waals surface area contributed by atoms with Crippen LogP contribution in [0.2, 0.25) is 0 Å². The minimum atomic E-state index is 0.719. The molecule has 0 N–H and O–H groups in total. The smallest absolute Gasteiger partial charge is 0.235 e. The molecule has 24 heavy (non-hydrogen) atoms. The Labute approximate surface area is 149 Å². The summed E-state index contributed by atoms with van der Waals surface area (Å²) in [5, 5.41) is 15.0. The number of fused-ring (bicyclic) bond motifs is 2. The van der Waals surface area contributed by atoms with Gasteiger partial charge in [0, 0.05) is 11.1 Å². The number of nitrogens with zero attached hydrogens (tertiary/aromatic N) is 5. The van der Waals surface area contributed by atoms with Crippen molar-refractivity contribution in [1.29, 1.82) is 0 Å². The highest BCUT2D eigenvalue weighted by molar-refractivity contribution is 8.38. The second-order valence-electron chi connectivity index (χ2n) is 5.15. The standard InChI is InChI=1S/C15H11N5OS3/c1-2-4-10-9(3-1)7-11(21-10)13-19-20-12(17-18-14(20)24-13)8-23-15-16-5-6-22-15/h1-4,7H,5-6,8H2. The lowest BCUT2D eigenvalue weighted by Crippen LogP contribution is -1.95. The number of aromatic nitrogens is 4. The van der Waals surface area contributed by atoms with E-state index in [-0.39, 0.29) is 0 Å². The Morgan fingerprint density at radius 3 is 3.08 bits per heavy atom. The molecule has 1 aliphatic heterocycles. The highest BCUT2D eigenvalue weighted by atomic mass is 32.2. The second-order valence-corrected chi connectivity index (χ2v) is 8.41. The van der Waals surface area contributed by atoms with E-state index < -0.39 is 0 Å². The van der Waals surface area contributed by atoms with Gasteiger partial charge in [0.1, 0.15) is 9.96 Å². The molecule has 0 saturated heterocycles. The zero-order valence-corrected chi connectivity index (χ0v) is 14.8. The maximum atomic E-state index is 5.89. The van der Waals surface area contributed by atoms with Gasteiger partial charge in [-0.1, -0.05) is 53.1 Å². The first-order valence-electron chi connectivity index (χ1n) is 7.37. The molecule has 0 amide bonds. The molecular formula is C15H11N5OS3. The van der Waals surface area contributed by atoms with Crippen LogP contribution in [0.1, 0.15) is 5.82 Å². The van der Waals surface area contributed by atoms with Crippen molar-refractivity contribution in [2.24, 2.45) is 4.99 Å². The van der Waals surface area contributed by atoms with Gasteiger partial charge in [-0.15, -0.1) is 15.3 Å². The van der Waals surface area contributed by atoms with Crippen LogP contribution in [0.3, 0.4) is 0 Å². The zero-order valence-electron chi connectivity index (χ0n) is 12.4. The van der Waals surface area contributed by atoms with E-state index in [0.29, 0.717) is 0 Å². The van der Waals surface area contributed by atoms with Gasteiger partial charge in [-0.2, -0.15) is 4.52 Å². The van der Waals surface area contributed by atoms with Crippen molar-refractivity contribution in [3.8, 4) is 10.8 Å². The summed E-state index contributed by atoms with van der Waals surface area (Å²) >= 11 is 4.98. The fourth-order valence-electron chi connectivity index (χ4n) is 2.46. The predicted octanol–water partition coefficient (Wildman–Crippen LogP) is 3.94. The molecule has 0 bridgehead atoms. The number of hydrogen-bond donors (Lipinski definition) is 0. The lowest BCUT2D eigenvalue weighted by Gasteiger charge is -1.96. The third-order valence-electron chi connectivity index (χ3n) is 3.57. The molecule has 0 saturated carbocycles. The van der Waals surface area contributed by atoms with Crippen LogP contribution in [0.5, 0.6) is 0 Å². The van der Waals surface area contributed by atoms with E-state index in [9.17, 15) is 0 Å². The Hall–Kier alpha value is -1.84. The van der Waals surface area contributed by atoms with Crippen LogP contribution in [0.4, 0.5) is 0 Å². The number of hydrogen-bond acceptors (Lipinski definition) is 8. The normalized spacial score (nSPS) is 14.8. The van der Waals surface area contributed by atoms with Crippen molar-refractivity contribution in [2.45, 2.75) is 5.75 Å². The van der Waals surface area contributed by atoms with Crippen molar-refractivity contribution in [1.82, 2.24) is 19.8 Å². The third-order valence-corrected chi connectivity index (χ3v) is 6.74. The van der Waals surface area contributed by atoms with Crippen LogP contribution < -0.4 is 0 Å². The van der Waals surface area contributed by atoms with Crippen molar-refractivity contribution < 1.29 is 4.42 Å². The average molecular weight is 373 g/mol. The molecule has 4 aromatic rings. The summed E-state index contributed by atoms with van der Waals surface area (Å²) in [4.78, 5) is 5.22. The lowest BCUT2D eigenvalue weighted by atomic mass is 10.2. The quantitative estimate of drug-likeness (QED) is 0.542. The molecule has 5 rings (SSSR count). The minimum Gasteiger partial charge on any atom is -0.453 e. The van der Waals surface area contributed by atoms with Crippen LogP contribution >= 0.6 is 34.9 Å². The second kappa shape index (κ2) is 5.91. The molecule has 0 aliphatic carbocycles. The van der Waals surface area contributed by atoms with Crippen molar-refractivity contribution in [2.75, 3.05) is 12.3 Å². The number of aliphatic imine (C=N–C) groups is 1. The van der Waals surface area contributed by atoms with Gasteiger partial charge in [-0.25, -0.2) is 0 Å². The summed E-state index contributed by atoms with van der Waals surface area (Å²) in [6.45, 7) is 0.912. The molecule has 0 fully saturated rings. The Morgan fingerprint density at radius 1 is 1.25 bits per heavy atom. The third kappa shape index (κ3) is 2.52. The molecule has 4 heterocycles. The first kappa shape index (κ1) is 14.5. The lowest BCUT2D eigenvalue weighted by molar-refractivity contribution is 0.629. The molecule has 0 unspecified atom stereocenters. The number of furan rings is 1. The number of para-hydroxylation sites is 1. The van der Waals surface area contributed by atoms with Gasteiger partial charge in [0.2, 0.25) is 4.96 Å². The molecule has 1 aliphatic rings. The average Bonchev–Trinajstić information content (AvgIpc) is 3.35. The number of rotatable bonds is 3. The molecule has 0 spiro atoms. The first-order chi connectivity index (χ1) is 11.9. The van der Waals surface area contributed by atoms with Crippen molar-refractivity contribution in [3.63, 3.8) is 0 Å². The molecule has 0 atom stereocenters. The summed E-state index contributed by atoms with van der Waals surface area (Å²) in [6, 6.07) is 9.97. The van der Waals surface area contributed by atoms with Gasteiger partial charge < -0.3 is 4.42 Å². The summed E-state index contributed by atoms with van der Waals surface area (Å²) in [5.74, 6) is 3.39. The largest absolute Gasteiger partial charge is 0.453 e. The van der Waals surface area contributed by atoms with E-state index in [1.54, 1.807) is 28.0 Å². The van der Waals surface area contributed by atoms with E-state index in [0.717, 1.165) is 54.9 Å². The molecule has 6 nitrogen and oxygen atoms in total. The van der Waals surface area contributed by atoms with Crippen LogP contribution in [-0.2, 0) is 5.75 Å². The molecular weight excluding hydrogens is 362 g/mol. The highest BCUT2D eigenvalue weighted by Gasteiger charge is 2.17. The van der Waals surface area contributed by atoms with Gasteiger partial charge in [0.25, 0.3) is 0 Å². The molecule has 9 heteroatoms. The summed E-state index contributed by atoms with van der Waals surface area (Å²) < 4.78 is 8.82. The molecule has 0 radical (unpaired) electrons. The van der Waals surface area contributed by atoms with Gasteiger partial charge in [0.15, 0.2) is 16.6 Å². The first-order valence-corrected chi connectivity index (χ1v) is 10.2. The van der Waals surface area contributed by atoms with Crippen LogP contribution in [0, 0.1) is 0 Å². The topological polar surface area (TPSA) is 68.6 Å². The predicted molar refractivity (Wildman–Crippen MR) is 99.9 cm³/mol. The maximum absolute atomic E-state index is 5.89. The monoisotopic (exact) mass is 373 g/mol. The van der Waals surface area contributed by atoms with E-state index in [1.807, 2.05) is 30.3 Å². The van der Waals surface area contributed by atoms with Gasteiger partial charge in [-0.3, -0.25) is 4.99 Å². The van der Waals surface area contributed by atoms with E-state index in [2.05, 4.69) is 20.3 Å². The van der Waals surface area contributed by atoms with Crippen molar-refractivity contribution in [3.05, 3.63) is 36.2 Å². The van der Waals surface area contributed by atoms with E-state index in [4.69, 9.17) is 4.42 Å². The zero-order chi connectivity index (χ0) is 15.9. The molecule has 120 valence electrons. The van der Waals surface area contributed by atoms with Crippen LogP contribution in [0.15, 0.2) is 39.7 Å². The van der Waals surface area contributed by atoms with Gasteiger partial charge in [0.05, 0.1) is 12.3 Å². The molecule has 1 aromatic carbocycles. The Kier molecular flexibility index (Phi) is 3.57. The Morgan fingerprint density at radius 2 is 2.21 bits per heavy atom. The Balaban J connectivity index is 1.47. The highest BCUT2D eigenvalue weighted by Crippen LogP contribution is 2.31. The molecule has 3 aromatic heterocycles. The van der Waals surface area contributed by atoms with Crippen LogP contribution in [-0.4, -0.2) is 36.5 Å². The van der Waals surface area contributed by atoms with E-state index in [1.165, 1.54) is 11.3 Å².